The summed E-state index contributed by atoms with van der Waals surface area (Å²) in [4.78, 5) is 15.7. The van der Waals surface area contributed by atoms with Crippen LogP contribution in [0.5, 0.6) is 17.2 Å². The predicted molar refractivity (Wildman–Crippen MR) is 122 cm³/mol. The number of nitrogens with zero attached hydrogens (tertiary/aromatic N) is 1. The van der Waals surface area contributed by atoms with E-state index in [1.165, 1.54) is 6.20 Å². The van der Waals surface area contributed by atoms with Gasteiger partial charge in [-0.25, -0.2) is 0 Å². The van der Waals surface area contributed by atoms with Gasteiger partial charge in [0.05, 0.1) is 0 Å². The molecule has 0 saturated carbocycles. The van der Waals surface area contributed by atoms with Crippen LogP contribution in [0, 0.1) is 13.8 Å². The maximum absolute atomic E-state index is 11.7. The number of hydrogen-bond acceptors (Lipinski definition) is 5. The Morgan fingerprint density at radius 2 is 1.60 bits per heavy atom. The Bertz CT molecular complexity index is 1100. The van der Waals surface area contributed by atoms with Crippen molar-refractivity contribution in [3.05, 3.63) is 71.5 Å². The Balaban J connectivity index is 1.68. The Morgan fingerprint density at radius 3 is 2.23 bits per heavy atom. The van der Waals surface area contributed by atoms with Crippen molar-refractivity contribution in [2.75, 3.05) is 17.7 Å². The van der Waals surface area contributed by atoms with Crippen LogP contribution in [-0.4, -0.2) is 28.2 Å². The highest BCUT2D eigenvalue weighted by atomic mass is 32.1. The summed E-state index contributed by atoms with van der Waals surface area (Å²) >= 11 is 5.40. The van der Waals surface area contributed by atoms with Crippen molar-refractivity contribution in [3.63, 3.8) is 0 Å². The van der Waals surface area contributed by atoms with E-state index in [4.69, 9.17) is 17.0 Å². The Labute approximate surface area is 180 Å². The molecule has 154 valence electrons. The lowest BCUT2D eigenvalue weighted by molar-refractivity contribution is 0.0958. The van der Waals surface area contributed by atoms with Gasteiger partial charge in [-0.2, -0.15) is 0 Å². The number of phenolic OH excluding ortho intramolecular Hbond substituents is 1. The number of carbonyl (C=O) groups is 1. The number of rotatable bonds is 5. The van der Waals surface area contributed by atoms with E-state index in [0.717, 1.165) is 22.5 Å². The molecule has 1 heterocycles. The van der Waals surface area contributed by atoms with Crippen LogP contribution in [0.15, 0.2) is 54.7 Å². The molecule has 3 aromatic rings. The molecule has 30 heavy (non-hydrogen) atoms. The molecule has 0 spiro atoms. The van der Waals surface area contributed by atoms with Gasteiger partial charge in [0.15, 0.2) is 5.11 Å². The molecule has 4 N–H and O–H groups in total. The monoisotopic (exact) mass is 422 g/mol. The fraction of sp³-hybridized carbons (Fsp3) is 0.136. The topological polar surface area (TPSA) is 95.5 Å². The summed E-state index contributed by atoms with van der Waals surface area (Å²) in [5.74, 6) is 1.07. The molecule has 0 unspecified atom stereocenters. The van der Waals surface area contributed by atoms with Crippen molar-refractivity contribution < 1.29 is 14.6 Å². The molecule has 1 amide bonds. The van der Waals surface area contributed by atoms with E-state index in [0.29, 0.717) is 16.6 Å². The highest BCUT2D eigenvalue weighted by Crippen LogP contribution is 2.27. The predicted octanol–water partition coefficient (Wildman–Crippen LogP) is 4.36. The van der Waals surface area contributed by atoms with E-state index in [1.807, 2.05) is 32.0 Å². The number of benzene rings is 2. The van der Waals surface area contributed by atoms with Crippen LogP contribution in [0.3, 0.4) is 0 Å². The first kappa shape index (κ1) is 21.1. The van der Waals surface area contributed by atoms with Gasteiger partial charge in [0.2, 0.25) is 0 Å². The number of ether oxygens (including phenoxy) is 1. The summed E-state index contributed by atoms with van der Waals surface area (Å²) in [6.45, 7) is 3.82. The minimum Gasteiger partial charge on any atom is -0.508 e. The van der Waals surface area contributed by atoms with Crippen molar-refractivity contribution in [1.82, 2.24) is 10.3 Å². The van der Waals surface area contributed by atoms with Gasteiger partial charge in [-0.15, -0.1) is 0 Å². The van der Waals surface area contributed by atoms with Crippen molar-refractivity contribution in [1.29, 1.82) is 0 Å². The smallest absolute Gasteiger partial charge is 0.269 e. The van der Waals surface area contributed by atoms with Crippen LogP contribution in [-0.2, 0) is 0 Å². The number of aryl methyl sites for hydroxylation is 2. The Kier molecular flexibility index (Phi) is 6.48. The zero-order valence-corrected chi connectivity index (χ0v) is 17.6. The summed E-state index contributed by atoms with van der Waals surface area (Å²) < 4.78 is 5.86. The first-order chi connectivity index (χ1) is 14.4. The first-order valence-electron chi connectivity index (χ1n) is 9.20. The summed E-state index contributed by atoms with van der Waals surface area (Å²) in [6.07, 6.45) is 1.53. The third kappa shape index (κ3) is 5.24. The standard InChI is InChI=1S/C22H22N4O3S/c1-13-10-15(27)4-6-18(13)25-22(30)26-19-7-5-16(11-14(19)2)29-17-8-9-24-20(12-17)21(28)23-3/h4-12,27H,1-3H3,(H,23,28)(H2,25,26,30). The van der Waals surface area contributed by atoms with Crippen molar-refractivity contribution in [2.45, 2.75) is 13.8 Å². The molecule has 0 aliphatic rings. The van der Waals surface area contributed by atoms with Gasteiger partial charge < -0.3 is 25.8 Å². The highest BCUT2D eigenvalue weighted by molar-refractivity contribution is 7.80. The number of thiocarbonyl (C=S) groups is 1. The number of anilines is 2. The average Bonchev–Trinajstić information content (AvgIpc) is 2.72. The Hall–Kier alpha value is -3.65. The summed E-state index contributed by atoms with van der Waals surface area (Å²) in [7, 11) is 1.55. The van der Waals surface area contributed by atoms with E-state index in [2.05, 4.69) is 20.9 Å². The van der Waals surface area contributed by atoms with Gasteiger partial charge in [0.25, 0.3) is 5.91 Å². The number of phenols is 1. The van der Waals surface area contributed by atoms with Gasteiger partial charge in [-0.1, -0.05) is 0 Å². The lowest BCUT2D eigenvalue weighted by Crippen LogP contribution is -2.20. The van der Waals surface area contributed by atoms with Gasteiger partial charge in [0.1, 0.15) is 22.9 Å². The van der Waals surface area contributed by atoms with Crippen LogP contribution in [0.1, 0.15) is 21.6 Å². The molecule has 0 saturated heterocycles. The molecule has 3 rings (SSSR count). The maximum Gasteiger partial charge on any atom is 0.269 e. The number of carbonyl (C=O) groups excluding carboxylic acids is 1. The summed E-state index contributed by atoms with van der Waals surface area (Å²) in [5.41, 5.74) is 3.74. The molecule has 1 aromatic heterocycles. The van der Waals surface area contributed by atoms with Gasteiger partial charge in [0, 0.05) is 30.7 Å². The zero-order chi connectivity index (χ0) is 21.7. The van der Waals surface area contributed by atoms with Gasteiger partial charge in [-0.05, 0) is 79.7 Å². The molecule has 0 radical (unpaired) electrons. The highest BCUT2D eigenvalue weighted by Gasteiger charge is 2.09. The normalized spacial score (nSPS) is 10.2. The van der Waals surface area contributed by atoms with Crippen molar-refractivity contribution in [2.24, 2.45) is 0 Å². The summed E-state index contributed by atoms with van der Waals surface area (Å²) in [6, 6.07) is 13.8. The second-order valence-electron chi connectivity index (χ2n) is 6.61. The Morgan fingerprint density at radius 1 is 0.967 bits per heavy atom. The SMILES string of the molecule is CNC(=O)c1cc(Oc2ccc(NC(=S)Nc3ccc(O)cc3C)c(C)c2)ccn1. The second-order valence-corrected chi connectivity index (χ2v) is 7.02. The van der Waals surface area contributed by atoms with Crippen LogP contribution in [0.25, 0.3) is 0 Å². The van der Waals surface area contributed by atoms with E-state index < -0.39 is 0 Å². The van der Waals surface area contributed by atoms with Crippen molar-refractivity contribution >= 4 is 34.6 Å². The molecule has 8 heteroatoms. The van der Waals surface area contributed by atoms with Gasteiger partial charge in [-0.3, -0.25) is 9.78 Å². The lowest BCUT2D eigenvalue weighted by Gasteiger charge is -2.15. The fourth-order valence-electron chi connectivity index (χ4n) is 2.77. The molecule has 0 bridgehead atoms. The van der Waals surface area contributed by atoms with Crippen molar-refractivity contribution in [3.8, 4) is 17.2 Å². The summed E-state index contributed by atoms with van der Waals surface area (Å²) in [5, 5.41) is 18.8. The number of hydrogen-bond donors (Lipinski definition) is 4. The number of aromatic hydroxyl groups is 1. The molecule has 0 aliphatic heterocycles. The molecule has 0 atom stereocenters. The van der Waals surface area contributed by atoms with Gasteiger partial charge >= 0.3 is 0 Å². The van der Waals surface area contributed by atoms with E-state index in [1.54, 1.807) is 37.4 Å². The molecule has 7 nitrogen and oxygen atoms in total. The lowest BCUT2D eigenvalue weighted by atomic mass is 10.2. The zero-order valence-electron chi connectivity index (χ0n) is 16.8. The quantitative estimate of drug-likeness (QED) is 0.358. The molecule has 0 fully saturated rings. The third-order valence-electron chi connectivity index (χ3n) is 4.33. The van der Waals surface area contributed by atoms with E-state index in [9.17, 15) is 9.90 Å². The maximum atomic E-state index is 11.7. The minimum atomic E-state index is -0.277. The number of amides is 1. The first-order valence-corrected chi connectivity index (χ1v) is 9.61. The number of nitrogens with one attached hydrogen (secondary N) is 3. The molecular formula is C22H22N4O3S. The van der Waals surface area contributed by atoms with Crippen LogP contribution in [0.4, 0.5) is 11.4 Å². The largest absolute Gasteiger partial charge is 0.508 e. The molecule has 0 aliphatic carbocycles. The number of aromatic nitrogens is 1. The van der Waals surface area contributed by atoms with Crippen LogP contribution in [0.2, 0.25) is 0 Å². The second kappa shape index (κ2) is 9.23. The minimum absolute atomic E-state index is 0.208. The fourth-order valence-corrected chi connectivity index (χ4v) is 2.99. The average molecular weight is 423 g/mol. The van der Waals surface area contributed by atoms with E-state index >= 15 is 0 Å². The molecular weight excluding hydrogens is 400 g/mol. The van der Waals surface area contributed by atoms with Crippen LogP contribution >= 0.6 is 12.2 Å². The number of pyridine rings is 1. The third-order valence-corrected chi connectivity index (χ3v) is 4.54. The van der Waals surface area contributed by atoms with Crippen LogP contribution < -0.4 is 20.7 Å². The molecule has 2 aromatic carbocycles. The van der Waals surface area contributed by atoms with E-state index in [-0.39, 0.29) is 17.4 Å².